The fourth-order valence-electron chi connectivity index (χ4n) is 1.55. The van der Waals surface area contributed by atoms with Gasteiger partial charge in [0.1, 0.15) is 11.4 Å². The van der Waals surface area contributed by atoms with Crippen LogP contribution in [0.1, 0.15) is 33.3 Å². The van der Waals surface area contributed by atoms with Gasteiger partial charge in [0, 0.05) is 18.2 Å². The van der Waals surface area contributed by atoms with E-state index in [1.165, 1.54) is 6.20 Å². The van der Waals surface area contributed by atoms with Crippen LogP contribution in [0.5, 0.6) is 0 Å². The van der Waals surface area contributed by atoms with Crippen molar-refractivity contribution in [2.45, 2.75) is 39.7 Å². The lowest BCUT2D eigenvalue weighted by molar-refractivity contribution is -0.153. The predicted molar refractivity (Wildman–Crippen MR) is 79.4 cm³/mol. The van der Waals surface area contributed by atoms with Crippen LogP contribution in [-0.4, -0.2) is 35.0 Å². The van der Waals surface area contributed by atoms with E-state index in [9.17, 15) is 14.4 Å². The highest BCUT2D eigenvalue weighted by Gasteiger charge is 2.20. The third-order valence-corrected chi connectivity index (χ3v) is 2.36. The largest absolute Gasteiger partial charge is 0.460 e. The van der Waals surface area contributed by atoms with Crippen LogP contribution in [0.3, 0.4) is 0 Å². The van der Waals surface area contributed by atoms with Crippen LogP contribution in [0.2, 0.25) is 0 Å². The summed E-state index contributed by atoms with van der Waals surface area (Å²) in [6.07, 6.45) is 0.569. The molecule has 1 N–H and O–H groups in total. The molecule has 0 radical (unpaired) electrons. The number of carbonyl (C=O) groups excluding carboxylic acids is 3. The highest BCUT2D eigenvalue weighted by Crippen LogP contribution is 2.15. The minimum absolute atomic E-state index is 0.126. The lowest BCUT2D eigenvalue weighted by Gasteiger charge is -2.20. The maximum atomic E-state index is 11.8. The van der Waals surface area contributed by atoms with Gasteiger partial charge in [0.05, 0.1) is 6.61 Å². The Morgan fingerprint density at radius 2 is 1.95 bits per heavy atom. The average Bonchev–Trinajstić information content (AvgIpc) is 2.39. The second-order valence-corrected chi connectivity index (χ2v) is 5.46. The lowest BCUT2D eigenvalue weighted by Crippen LogP contribution is -2.28. The molecule has 0 spiro atoms. The number of hydrogen-bond acceptors (Lipinski definition) is 6. The van der Waals surface area contributed by atoms with Crippen LogP contribution in [0, 0.1) is 0 Å². The molecule has 1 aromatic heterocycles. The molecule has 0 aliphatic heterocycles. The van der Waals surface area contributed by atoms with E-state index in [0.717, 1.165) is 0 Å². The van der Waals surface area contributed by atoms with Gasteiger partial charge in [0.2, 0.25) is 5.78 Å². The molecule has 7 heteroatoms. The zero-order valence-corrected chi connectivity index (χ0v) is 13.1. The first kappa shape index (κ1) is 17.6. The maximum Gasteiger partial charge on any atom is 0.413 e. The zero-order valence-electron chi connectivity index (χ0n) is 13.1. The van der Waals surface area contributed by atoms with Gasteiger partial charge in [-0.05, 0) is 33.8 Å². The number of rotatable bonds is 5. The molecular weight excluding hydrogens is 288 g/mol. The van der Waals surface area contributed by atoms with Crippen molar-refractivity contribution < 1.29 is 23.9 Å². The monoisotopic (exact) mass is 308 g/mol. The number of esters is 1. The predicted octanol–water partition coefficient (Wildman–Crippen LogP) is 2.10. The van der Waals surface area contributed by atoms with Crippen molar-refractivity contribution in [3.63, 3.8) is 0 Å². The summed E-state index contributed by atoms with van der Waals surface area (Å²) in [6.45, 7) is 6.94. The van der Waals surface area contributed by atoms with E-state index in [2.05, 4.69) is 15.0 Å². The third-order valence-electron chi connectivity index (χ3n) is 2.36. The molecule has 0 unspecified atom stereocenters. The van der Waals surface area contributed by atoms with Crippen LogP contribution in [0.15, 0.2) is 18.3 Å². The molecule has 22 heavy (non-hydrogen) atoms. The Kier molecular flexibility index (Phi) is 6.03. The Morgan fingerprint density at radius 3 is 2.55 bits per heavy atom. The van der Waals surface area contributed by atoms with Gasteiger partial charge >= 0.3 is 12.1 Å². The van der Waals surface area contributed by atoms with E-state index < -0.39 is 23.4 Å². The SMILES string of the molecule is CCOC(=O)C(=O)Cc1cccnc1NC(=O)OC(C)(C)C. The van der Waals surface area contributed by atoms with Gasteiger partial charge in [-0.2, -0.15) is 0 Å². The van der Waals surface area contributed by atoms with Gasteiger partial charge < -0.3 is 9.47 Å². The van der Waals surface area contributed by atoms with Crippen LogP contribution < -0.4 is 5.32 Å². The summed E-state index contributed by atoms with van der Waals surface area (Å²) in [5.74, 6) is -1.44. The Labute approximate surface area is 129 Å². The molecule has 0 aliphatic rings. The molecule has 1 heterocycles. The van der Waals surface area contributed by atoms with E-state index in [1.807, 2.05) is 0 Å². The first-order valence-corrected chi connectivity index (χ1v) is 6.86. The summed E-state index contributed by atoms with van der Waals surface area (Å²) >= 11 is 0. The quantitative estimate of drug-likeness (QED) is 0.661. The van der Waals surface area contributed by atoms with Gasteiger partial charge in [-0.3, -0.25) is 10.1 Å². The van der Waals surface area contributed by atoms with E-state index in [0.29, 0.717) is 5.56 Å². The number of aromatic nitrogens is 1. The van der Waals surface area contributed by atoms with E-state index in [-0.39, 0.29) is 18.8 Å². The molecule has 0 bridgehead atoms. The first-order chi connectivity index (χ1) is 10.2. The van der Waals surface area contributed by atoms with Gasteiger partial charge in [-0.1, -0.05) is 6.07 Å². The van der Waals surface area contributed by atoms with Crippen LogP contribution >= 0.6 is 0 Å². The van der Waals surface area contributed by atoms with Crippen molar-refractivity contribution in [2.75, 3.05) is 11.9 Å². The molecule has 7 nitrogen and oxygen atoms in total. The minimum Gasteiger partial charge on any atom is -0.460 e. The molecule has 0 fully saturated rings. The number of amides is 1. The van der Waals surface area contributed by atoms with Crippen molar-refractivity contribution in [1.29, 1.82) is 0 Å². The standard InChI is InChI=1S/C15H20N2O5/c1-5-21-13(19)11(18)9-10-7-6-8-16-12(10)17-14(20)22-15(2,3)4/h6-8H,5,9H2,1-4H3,(H,16,17,20). The third kappa shape index (κ3) is 5.90. The van der Waals surface area contributed by atoms with E-state index >= 15 is 0 Å². The number of Topliss-reactive ketones (excluding diaryl/α,β-unsaturated/α-hetero) is 1. The first-order valence-electron chi connectivity index (χ1n) is 6.86. The number of nitrogens with one attached hydrogen (secondary N) is 1. The molecule has 1 aromatic rings. The second kappa shape index (κ2) is 7.53. The highest BCUT2D eigenvalue weighted by molar-refractivity contribution is 6.34. The van der Waals surface area contributed by atoms with E-state index in [4.69, 9.17) is 4.74 Å². The van der Waals surface area contributed by atoms with Crippen molar-refractivity contribution in [1.82, 2.24) is 4.98 Å². The van der Waals surface area contributed by atoms with Gasteiger partial charge in [-0.15, -0.1) is 0 Å². The summed E-state index contributed by atoms with van der Waals surface area (Å²) in [7, 11) is 0. The number of carbonyl (C=O) groups is 3. The number of nitrogens with zero attached hydrogens (tertiary/aromatic N) is 1. The minimum atomic E-state index is -0.908. The van der Waals surface area contributed by atoms with Crippen molar-refractivity contribution in [3.8, 4) is 0 Å². The molecular formula is C15H20N2O5. The average molecular weight is 308 g/mol. The summed E-state index contributed by atoms with van der Waals surface area (Å²) in [6, 6.07) is 3.20. The molecule has 0 saturated carbocycles. The van der Waals surface area contributed by atoms with Gasteiger partial charge in [0.25, 0.3) is 0 Å². The summed E-state index contributed by atoms with van der Waals surface area (Å²) in [5.41, 5.74) is -0.244. The fraction of sp³-hybridized carbons (Fsp3) is 0.467. The molecule has 0 atom stereocenters. The molecule has 0 saturated heterocycles. The topological polar surface area (TPSA) is 94.6 Å². The molecule has 0 aromatic carbocycles. The molecule has 1 rings (SSSR count). The van der Waals surface area contributed by atoms with Crippen molar-refractivity contribution >= 4 is 23.7 Å². The highest BCUT2D eigenvalue weighted by atomic mass is 16.6. The normalized spacial score (nSPS) is 10.7. The molecule has 120 valence electrons. The Morgan fingerprint density at radius 1 is 1.27 bits per heavy atom. The second-order valence-electron chi connectivity index (χ2n) is 5.46. The zero-order chi connectivity index (χ0) is 16.8. The lowest BCUT2D eigenvalue weighted by atomic mass is 10.1. The van der Waals surface area contributed by atoms with Crippen LogP contribution in [-0.2, 0) is 25.5 Å². The Bertz CT molecular complexity index is 563. The number of pyridine rings is 1. The van der Waals surface area contributed by atoms with Gasteiger partial charge in [0.15, 0.2) is 0 Å². The number of ketones is 1. The Balaban J connectivity index is 2.80. The smallest absolute Gasteiger partial charge is 0.413 e. The fourth-order valence-corrected chi connectivity index (χ4v) is 1.55. The number of anilines is 1. The van der Waals surface area contributed by atoms with Crippen LogP contribution in [0.4, 0.5) is 10.6 Å². The summed E-state index contributed by atoms with van der Waals surface area (Å²) in [4.78, 5) is 38.8. The summed E-state index contributed by atoms with van der Waals surface area (Å²) in [5, 5.41) is 2.47. The van der Waals surface area contributed by atoms with Crippen molar-refractivity contribution in [2.24, 2.45) is 0 Å². The van der Waals surface area contributed by atoms with Crippen LogP contribution in [0.25, 0.3) is 0 Å². The number of hydrogen-bond donors (Lipinski definition) is 1. The molecule has 1 amide bonds. The van der Waals surface area contributed by atoms with E-state index in [1.54, 1.807) is 39.8 Å². The molecule has 0 aliphatic carbocycles. The van der Waals surface area contributed by atoms with Gasteiger partial charge in [-0.25, -0.2) is 14.6 Å². The van der Waals surface area contributed by atoms with Crippen molar-refractivity contribution in [3.05, 3.63) is 23.9 Å². The Hall–Kier alpha value is -2.44. The summed E-state index contributed by atoms with van der Waals surface area (Å²) < 4.78 is 9.76. The number of ether oxygens (including phenoxy) is 2. The maximum absolute atomic E-state index is 11.8.